The number of ether oxygens (including phenoxy) is 1. The van der Waals surface area contributed by atoms with Gasteiger partial charge in [0.25, 0.3) is 0 Å². The molecule has 0 aliphatic carbocycles. The van der Waals surface area contributed by atoms with Gasteiger partial charge in [-0.2, -0.15) is 0 Å². The first kappa shape index (κ1) is 27.5. The van der Waals surface area contributed by atoms with E-state index in [0.29, 0.717) is 0 Å². The normalized spacial score (nSPS) is 18.5. The van der Waals surface area contributed by atoms with Crippen molar-refractivity contribution in [3.63, 3.8) is 0 Å². The summed E-state index contributed by atoms with van der Waals surface area (Å²) < 4.78 is 11.0. The van der Waals surface area contributed by atoms with Crippen molar-refractivity contribution in [2.45, 2.75) is 125 Å². The van der Waals surface area contributed by atoms with Crippen LogP contribution in [0.1, 0.15) is 100 Å². The van der Waals surface area contributed by atoms with Gasteiger partial charge >= 0.3 is 190 Å². The molecule has 4 nitrogen and oxygen atoms in total. The molecular weight excluding hydrogens is 481 g/mol. The van der Waals surface area contributed by atoms with Crippen molar-refractivity contribution in [3.05, 3.63) is 9.67 Å². The van der Waals surface area contributed by atoms with Gasteiger partial charge in [0.1, 0.15) is 0 Å². The summed E-state index contributed by atoms with van der Waals surface area (Å²) in [4.78, 5) is 27.8. The van der Waals surface area contributed by atoms with E-state index in [1.54, 1.807) is 0 Å². The van der Waals surface area contributed by atoms with Gasteiger partial charge < -0.3 is 0 Å². The van der Waals surface area contributed by atoms with Crippen LogP contribution in [-0.4, -0.2) is 46.9 Å². The Bertz CT molecular complexity index is 572. The van der Waals surface area contributed by atoms with Crippen LogP contribution in [0.15, 0.2) is 9.67 Å². The molecule has 2 amide bonds. The van der Waals surface area contributed by atoms with Crippen LogP contribution >= 0.6 is 0 Å². The zero-order valence-electron chi connectivity index (χ0n) is 21.0. The molecule has 1 rings (SSSR count). The SMILES string of the molecule is CCC[CH2][Sn]([CH2]CCC)([CH2]CCC)[C]1=CC(=O)N(C(=O)OC(C)(C)C)C1C(C)CC. The predicted molar refractivity (Wildman–Crippen MR) is 129 cm³/mol. The summed E-state index contributed by atoms with van der Waals surface area (Å²) in [6.45, 7) is 16.8. The number of hydrogen-bond acceptors (Lipinski definition) is 3. The van der Waals surface area contributed by atoms with Crippen molar-refractivity contribution in [3.8, 4) is 0 Å². The van der Waals surface area contributed by atoms with Crippen molar-refractivity contribution >= 4 is 30.4 Å². The van der Waals surface area contributed by atoms with E-state index < -0.39 is 30.1 Å². The van der Waals surface area contributed by atoms with Crippen LogP contribution in [0.25, 0.3) is 0 Å². The second-order valence-electron chi connectivity index (χ2n) is 10.2. The van der Waals surface area contributed by atoms with Gasteiger partial charge in [0.05, 0.1) is 0 Å². The van der Waals surface area contributed by atoms with Crippen molar-refractivity contribution < 1.29 is 14.3 Å². The fourth-order valence-electron chi connectivity index (χ4n) is 4.68. The zero-order valence-corrected chi connectivity index (χ0v) is 23.8. The third kappa shape index (κ3) is 7.27. The molecule has 1 aliphatic heterocycles. The van der Waals surface area contributed by atoms with Gasteiger partial charge in [-0.1, -0.05) is 0 Å². The van der Waals surface area contributed by atoms with Gasteiger partial charge in [-0.15, -0.1) is 0 Å². The Hall–Kier alpha value is -0.521. The van der Waals surface area contributed by atoms with E-state index in [9.17, 15) is 9.59 Å². The molecule has 0 radical (unpaired) electrons. The van der Waals surface area contributed by atoms with Crippen molar-refractivity contribution in [1.82, 2.24) is 4.90 Å². The van der Waals surface area contributed by atoms with E-state index in [2.05, 4.69) is 34.6 Å². The van der Waals surface area contributed by atoms with Crippen LogP contribution in [0.2, 0.25) is 13.3 Å². The Morgan fingerprint density at radius 3 is 1.87 bits per heavy atom. The summed E-state index contributed by atoms with van der Waals surface area (Å²) in [7, 11) is 0. The van der Waals surface area contributed by atoms with Crippen LogP contribution in [0.3, 0.4) is 0 Å². The summed E-state index contributed by atoms with van der Waals surface area (Å²) in [6.07, 6.45) is 9.71. The number of carbonyl (C=O) groups excluding carboxylic acids is 2. The quantitative estimate of drug-likeness (QED) is 0.247. The molecule has 0 aromatic heterocycles. The number of amides is 2. The van der Waals surface area contributed by atoms with Crippen LogP contribution in [0.5, 0.6) is 0 Å². The molecule has 30 heavy (non-hydrogen) atoms. The summed E-state index contributed by atoms with van der Waals surface area (Å²) in [6, 6.07) is -0.0984. The van der Waals surface area contributed by atoms with E-state index >= 15 is 0 Å². The van der Waals surface area contributed by atoms with Crippen LogP contribution in [0.4, 0.5) is 4.79 Å². The van der Waals surface area contributed by atoms with E-state index in [1.165, 1.54) is 60.3 Å². The number of nitrogens with zero attached hydrogens (tertiary/aromatic N) is 1. The standard InChI is InChI=1S/C13H20NO3.3C4H9.Sn/c1-6-9(2)10-7-8-11(15)14(10)12(16)17-13(3,4)5;3*1-3-4-2;/h8-10H,6H2,1-5H3;3*1,3-4H2,2H3;. The first-order chi connectivity index (χ1) is 14.1. The number of unbranched alkanes of at least 4 members (excludes halogenated alkanes) is 3. The number of carbonyl (C=O) groups is 2. The molecule has 1 heterocycles. The van der Waals surface area contributed by atoms with Crippen LogP contribution < -0.4 is 0 Å². The molecule has 1 aliphatic rings. The van der Waals surface area contributed by atoms with E-state index in [4.69, 9.17) is 4.74 Å². The average molecular weight is 528 g/mol. The topological polar surface area (TPSA) is 46.6 Å². The molecule has 0 saturated carbocycles. The molecule has 5 heteroatoms. The summed E-state index contributed by atoms with van der Waals surface area (Å²) in [5.41, 5.74) is -0.604. The Kier molecular flexibility index (Phi) is 11.5. The van der Waals surface area contributed by atoms with Gasteiger partial charge in [0, 0.05) is 0 Å². The number of imide groups is 1. The minimum atomic E-state index is -2.82. The fourth-order valence-corrected chi connectivity index (χ4v) is 22.3. The maximum absolute atomic E-state index is 13.2. The first-order valence-electron chi connectivity index (χ1n) is 12.3. The summed E-state index contributed by atoms with van der Waals surface area (Å²) >= 11 is -2.82. The number of hydrogen-bond donors (Lipinski definition) is 0. The van der Waals surface area contributed by atoms with Gasteiger partial charge in [-0.3, -0.25) is 0 Å². The Morgan fingerprint density at radius 1 is 1.03 bits per heavy atom. The predicted octanol–water partition coefficient (Wildman–Crippen LogP) is 7.49. The molecule has 0 fully saturated rings. The van der Waals surface area contributed by atoms with Gasteiger partial charge in [-0.05, 0) is 0 Å². The summed E-state index contributed by atoms with van der Waals surface area (Å²) in [5, 5.41) is 0. The molecule has 2 atom stereocenters. The molecule has 0 bridgehead atoms. The Balaban J connectivity index is 3.45. The molecule has 174 valence electrons. The third-order valence-electron chi connectivity index (χ3n) is 6.53. The third-order valence-corrected chi connectivity index (χ3v) is 22.5. The molecule has 0 N–H and O–H groups in total. The van der Waals surface area contributed by atoms with E-state index in [-0.39, 0.29) is 17.9 Å². The van der Waals surface area contributed by atoms with Crippen molar-refractivity contribution in [2.24, 2.45) is 5.92 Å². The van der Waals surface area contributed by atoms with Gasteiger partial charge in [0.15, 0.2) is 0 Å². The first-order valence-corrected chi connectivity index (χ1v) is 19.8. The molecule has 2 unspecified atom stereocenters. The minimum absolute atomic E-state index is 0.0984. The maximum atomic E-state index is 13.2. The van der Waals surface area contributed by atoms with Gasteiger partial charge in [-0.25, -0.2) is 0 Å². The molecule has 0 aromatic rings. The molecule has 0 aromatic carbocycles. The average Bonchev–Trinajstić information content (AvgIpc) is 3.03. The Labute approximate surface area is 190 Å². The van der Waals surface area contributed by atoms with E-state index in [0.717, 1.165) is 6.42 Å². The summed E-state index contributed by atoms with van der Waals surface area (Å²) in [5.74, 6) is 0.117. The molecular formula is C25H47NO3Sn. The van der Waals surface area contributed by atoms with Crippen molar-refractivity contribution in [1.29, 1.82) is 0 Å². The van der Waals surface area contributed by atoms with Crippen LogP contribution in [0, 0.1) is 5.92 Å². The van der Waals surface area contributed by atoms with E-state index in [1.807, 2.05) is 26.8 Å². The van der Waals surface area contributed by atoms with Crippen molar-refractivity contribution in [2.75, 3.05) is 0 Å². The monoisotopic (exact) mass is 529 g/mol. The molecule has 0 spiro atoms. The second kappa shape index (κ2) is 12.5. The van der Waals surface area contributed by atoms with Gasteiger partial charge in [0.2, 0.25) is 0 Å². The fraction of sp³-hybridized carbons (Fsp3) is 0.840. The number of rotatable bonds is 12. The zero-order chi connectivity index (χ0) is 22.9. The Morgan fingerprint density at radius 2 is 1.50 bits per heavy atom. The molecule has 0 saturated heterocycles. The second-order valence-corrected chi connectivity index (χ2v) is 23.4. The van der Waals surface area contributed by atoms with Crippen LogP contribution in [-0.2, 0) is 9.53 Å².